The van der Waals surface area contributed by atoms with Crippen LogP contribution in [0.1, 0.15) is 53.8 Å². The van der Waals surface area contributed by atoms with Gasteiger partial charge < -0.3 is 5.32 Å². The number of nitrogens with zero attached hydrogens (tertiary/aromatic N) is 1. The fourth-order valence-corrected chi connectivity index (χ4v) is 5.44. The number of aromatic nitrogens is 1. The number of nitrogens with one attached hydrogen (secondary N) is 1. The van der Waals surface area contributed by atoms with Crippen LogP contribution in [0, 0.1) is 30.6 Å². The topological polar surface area (TPSA) is 42.0 Å². The largest absolute Gasteiger partial charge is 0.433 e. The standard InChI is InChI=1S/C18H21F3N2O/c1-9-11(5-6-16(22-9)18(19,20)21)17(24)23-15-8-10-7-14(15)13-4-2-3-12(10)13/h5-6,10,12-15H,2-4,7-8H2,1H3,(H,23,24). The Hall–Kier alpha value is -1.59. The van der Waals surface area contributed by atoms with E-state index in [-0.39, 0.29) is 23.2 Å². The molecule has 24 heavy (non-hydrogen) atoms. The van der Waals surface area contributed by atoms with Gasteiger partial charge in [-0.3, -0.25) is 4.79 Å². The van der Waals surface area contributed by atoms with Crippen molar-refractivity contribution in [3.05, 3.63) is 29.1 Å². The third-order valence-corrected chi connectivity index (χ3v) is 6.37. The second-order valence-electron chi connectivity index (χ2n) is 7.56. The quantitative estimate of drug-likeness (QED) is 0.887. The number of hydrogen-bond donors (Lipinski definition) is 1. The summed E-state index contributed by atoms with van der Waals surface area (Å²) in [5, 5.41) is 3.08. The maximum absolute atomic E-state index is 12.7. The maximum atomic E-state index is 12.7. The van der Waals surface area contributed by atoms with Crippen LogP contribution in [0.4, 0.5) is 13.2 Å². The van der Waals surface area contributed by atoms with Gasteiger partial charge in [-0.25, -0.2) is 4.98 Å². The van der Waals surface area contributed by atoms with Crippen molar-refractivity contribution < 1.29 is 18.0 Å². The summed E-state index contributed by atoms with van der Waals surface area (Å²) in [7, 11) is 0. The Kier molecular flexibility index (Phi) is 3.62. The number of carbonyl (C=O) groups excluding carboxylic acids is 1. The number of halogens is 3. The van der Waals surface area contributed by atoms with Gasteiger partial charge in [0.1, 0.15) is 5.69 Å². The number of fused-ring (bicyclic) bond motifs is 5. The first-order valence-corrected chi connectivity index (χ1v) is 8.70. The zero-order chi connectivity index (χ0) is 17.1. The SMILES string of the molecule is Cc1nc(C(F)(F)F)ccc1C(=O)NC1CC2CC1C1CCCC21. The van der Waals surface area contributed by atoms with Crippen molar-refractivity contribution in [2.75, 3.05) is 0 Å². The smallest absolute Gasteiger partial charge is 0.349 e. The molecule has 1 aromatic rings. The third kappa shape index (κ3) is 2.50. The van der Waals surface area contributed by atoms with Gasteiger partial charge in [-0.1, -0.05) is 6.42 Å². The highest BCUT2D eigenvalue weighted by Crippen LogP contribution is 2.58. The fourth-order valence-electron chi connectivity index (χ4n) is 5.44. The van der Waals surface area contributed by atoms with Gasteiger partial charge in [0.05, 0.1) is 11.3 Å². The molecule has 3 nitrogen and oxygen atoms in total. The van der Waals surface area contributed by atoms with Crippen LogP contribution in [0.5, 0.6) is 0 Å². The highest BCUT2D eigenvalue weighted by Gasteiger charge is 2.54. The highest BCUT2D eigenvalue weighted by molar-refractivity contribution is 5.95. The lowest BCUT2D eigenvalue weighted by Gasteiger charge is -2.32. The van der Waals surface area contributed by atoms with E-state index < -0.39 is 11.9 Å². The minimum Gasteiger partial charge on any atom is -0.349 e. The molecule has 3 fully saturated rings. The molecule has 0 aromatic carbocycles. The second kappa shape index (κ2) is 5.46. The van der Waals surface area contributed by atoms with E-state index in [0.717, 1.165) is 30.2 Å². The van der Waals surface area contributed by atoms with Crippen LogP contribution in [0.25, 0.3) is 0 Å². The maximum Gasteiger partial charge on any atom is 0.433 e. The summed E-state index contributed by atoms with van der Waals surface area (Å²) < 4.78 is 38.1. The fraction of sp³-hybridized carbons (Fsp3) is 0.667. The van der Waals surface area contributed by atoms with Gasteiger partial charge in [0.15, 0.2) is 0 Å². The van der Waals surface area contributed by atoms with Gasteiger partial charge in [-0.2, -0.15) is 13.2 Å². The van der Waals surface area contributed by atoms with Crippen LogP contribution in [0.15, 0.2) is 12.1 Å². The van der Waals surface area contributed by atoms with E-state index >= 15 is 0 Å². The van der Waals surface area contributed by atoms with E-state index in [1.165, 1.54) is 38.7 Å². The van der Waals surface area contributed by atoms with Crippen molar-refractivity contribution in [3.63, 3.8) is 0 Å². The minimum absolute atomic E-state index is 0.129. The molecule has 5 atom stereocenters. The lowest BCUT2D eigenvalue weighted by Crippen LogP contribution is -2.42. The first-order valence-electron chi connectivity index (χ1n) is 8.70. The number of rotatable bonds is 2. The summed E-state index contributed by atoms with van der Waals surface area (Å²) in [6.45, 7) is 1.46. The number of aryl methyl sites for hydroxylation is 1. The molecular weight excluding hydrogens is 317 g/mol. The Balaban J connectivity index is 1.47. The highest BCUT2D eigenvalue weighted by atomic mass is 19.4. The van der Waals surface area contributed by atoms with Gasteiger partial charge in [-0.15, -0.1) is 0 Å². The number of amides is 1. The minimum atomic E-state index is -4.48. The van der Waals surface area contributed by atoms with E-state index in [1.54, 1.807) is 0 Å². The van der Waals surface area contributed by atoms with Gasteiger partial charge in [-0.05, 0) is 68.4 Å². The van der Waals surface area contributed by atoms with Crippen molar-refractivity contribution >= 4 is 5.91 Å². The van der Waals surface area contributed by atoms with Gasteiger partial charge >= 0.3 is 6.18 Å². The van der Waals surface area contributed by atoms with E-state index in [2.05, 4.69) is 10.3 Å². The molecule has 0 aliphatic heterocycles. The molecule has 0 saturated heterocycles. The average molecular weight is 338 g/mol. The van der Waals surface area contributed by atoms with Crippen LogP contribution >= 0.6 is 0 Å². The molecule has 1 N–H and O–H groups in total. The van der Waals surface area contributed by atoms with Gasteiger partial charge in [0.25, 0.3) is 5.91 Å². The molecule has 0 radical (unpaired) electrons. The molecule has 3 saturated carbocycles. The van der Waals surface area contributed by atoms with Crippen LogP contribution in [-0.4, -0.2) is 16.9 Å². The normalized spacial score (nSPS) is 34.4. The summed E-state index contributed by atoms with van der Waals surface area (Å²) in [6.07, 6.45) is 1.62. The summed E-state index contributed by atoms with van der Waals surface area (Å²) in [5.74, 6) is 2.56. The molecule has 130 valence electrons. The van der Waals surface area contributed by atoms with Crippen LogP contribution < -0.4 is 5.32 Å². The Morgan fingerprint density at radius 1 is 1.17 bits per heavy atom. The van der Waals surface area contributed by atoms with Gasteiger partial charge in [0, 0.05) is 6.04 Å². The molecule has 1 amide bonds. The predicted molar refractivity (Wildman–Crippen MR) is 82.3 cm³/mol. The first-order chi connectivity index (χ1) is 11.3. The number of hydrogen-bond acceptors (Lipinski definition) is 2. The lowest BCUT2D eigenvalue weighted by atomic mass is 9.79. The predicted octanol–water partition coefficient (Wildman–Crippen LogP) is 3.96. The van der Waals surface area contributed by atoms with Crippen LogP contribution in [0.2, 0.25) is 0 Å². The molecule has 6 heteroatoms. The number of pyridine rings is 1. The van der Waals surface area contributed by atoms with Crippen molar-refractivity contribution in [2.45, 2.75) is 51.2 Å². The monoisotopic (exact) mass is 338 g/mol. The second-order valence-corrected chi connectivity index (χ2v) is 7.56. The Morgan fingerprint density at radius 2 is 1.92 bits per heavy atom. The summed E-state index contributed by atoms with van der Waals surface area (Å²) in [6, 6.07) is 2.30. The molecule has 1 heterocycles. The first kappa shape index (κ1) is 15.9. The third-order valence-electron chi connectivity index (χ3n) is 6.37. The number of carbonyl (C=O) groups is 1. The molecule has 3 aliphatic rings. The van der Waals surface area contributed by atoms with E-state index in [9.17, 15) is 18.0 Å². The Labute approximate surface area is 139 Å². The molecule has 5 unspecified atom stereocenters. The molecule has 4 rings (SSSR count). The molecule has 3 aliphatic carbocycles. The summed E-state index contributed by atoms with van der Waals surface area (Å²) in [4.78, 5) is 16.1. The molecule has 1 aromatic heterocycles. The zero-order valence-electron chi connectivity index (χ0n) is 13.6. The van der Waals surface area contributed by atoms with Crippen LogP contribution in [0.3, 0.4) is 0 Å². The van der Waals surface area contributed by atoms with Crippen molar-refractivity contribution in [3.8, 4) is 0 Å². The summed E-state index contributed by atoms with van der Waals surface area (Å²) in [5.41, 5.74) is -0.580. The number of alkyl halides is 3. The van der Waals surface area contributed by atoms with Crippen LogP contribution in [-0.2, 0) is 6.18 Å². The molecule has 2 bridgehead atoms. The van der Waals surface area contributed by atoms with E-state index in [1.807, 2.05) is 0 Å². The summed E-state index contributed by atoms with van der Waals surface area (Å²) >= 11 is 0. The van der Waals surface area contributed by atoms with E-state index in [0.29, 0.717) is 5.92 Å². The average Bonchev–Trinajstić information content (AvgIpc) is 3.18. The molecular formula is C18H21F3N2O. The van der Waals surface area contributed by atoms with Crippen molar-refractivity contribution in [1.82, 2.24) is 10.3 Å². The Bertz CT molecular complexity index is 673. The van der Waals surface area contributed by atoms with Crippen molar-refractivity contribution in [2.24, 2.45) is 23.7 Å². The zero-order valence-corrected chi connectivity index (χ0v) is 13.6. The Morgan fingerprint density at radius 3 is 2.62 bits per heavy atom. The van der Waals surface area contributed by atoms with Gasteiger partial charge in [0.2, 0.25) is 0 Å². The van der Waals surface area contributed by atoms with E-state index in [4.69, 9.17) is 0 Å². The molecule has 0 spiro atoms. The lowest BCUT2D eigenvalue weighted by molar-refractivity contribution is -0.141. The van der Waals surface area contributed by atoms with Crippen molar-refractivity contribution in [1.29, 1.82) is 0 Å².